The summed E-state index contributed by atoms with van der Waals surface area (Å²) in [7, 11) is 0. The number of nitrogens with two attached hydrogens (primary N) is 1. The van der Waals surface area contributed by atoms with Crippen LogP contribution in [0.1, 0.15) is 22.8 Å². The van der Waals surface area contributed by atoms with E-state index >= 15 is 0 Å². The largest absolute Gasteiger partial charge is 0.462 e. The average Bonchev–Trinajstić information content (AvgIpc) is 2.28. The lowest BCUT2D eigenvalue weighted by molar-refractivity contribution is 0.0526. The summed E-state index contributed by atoms with van der Waals surface area (Å²) in [6.07, 6.45) is 2.74. The van der Waals surface area contributed by atoms with Crippen molar-refractivity contribution in [1.82, 2.24) is 4.98 Å². The summed E-state index contributed by atoms with van der Waals surface area (Å²) in [6.45, 7) is 1.99. The van der Waals surface area contributed by atoms with E-state index in [9.17, 15) is 4.79 Å². The molecule has 0 atom stereocenters. The Balaban J connectivity index is 2.97. The highest BCUT2D eigenvalue weighted by Gasteiger charge is 2.09. The first-order chi connectivity index (χ1) is 7.19. The van der Waals surface area contributed by atoms with E-state index in [1.54, 1.807) is 6.92 Å². The van der Waals surface area contributed by atoms with Crippen molar-refractivity contribution in [2.45, 2.75) is 6.92 Å². The lowest BCUT2D eigenvalue weighted by Gasteiger charge is -2.02. The maximum absolute atomic E-state index is 11.3. The van der Waals surface area contributed by atoms with E-state index in [0.717, 1.165) is 0 Å². The monoisotopic (exact) mass is 209 g/mol. The van der Waals surface area contributed by atoms with Gasteiger partial charge in [-0.1, -0.05) is 5.16 Å². The molecular formula is C9H11N3O3. The first-order valence-electron chi connectivity index (χ1n) is 4.29. The van der Waals surface area contributed by atoms with Crippen molar-refractivity contribution >= 4 is 11.8 Å². The van der Waals surface area contributed by atoms with Gasteiger partial charge in [0.25, 0.3) is 0 Å². The van der Waals surface area contributed by atoms with Gasteiger partial charge < -0.3 is 15.7 Å². The van der Waals surface area contributed by atoms with E-state index in [0.29, 0.717) is 5.56 Å². The lowest BCUT2D eigenvalue weighted by Crippen LogP contribution is -2.15. The van der Waals surface area contributed by atoms with E-state index in [2.05, 4.69) is 10.1 Å². The Morgan fingerprint density at radius 1 is 1.60 bits per heavy atom. The first-order valence-corrected chi connectivity index (χ1v) is 4.29. The molecule has 0 aliphatic rings. The van der Waals surface area contributed by atoms with Gasteiger partial charge in [-0.3, -0.25) is 4.98 Å². The third kappa shape index (κ3) is 2.67. The number of carbonyl (C=O) groups is 1. The number of rotatable bonds is 3. The summed E-state index contributed by atoms with van der Waals surface area (Å²) in [5, 5.41) is 11.2. The fraction of sp³-hybridized carbons (Fsp3) is 0.222. The quantitative estimate of drug-likeness (QED) is 0.246. The second kappa shape index (κ2) is 4.94. The van der Waals surface area contributed by atoms with Gasteiger partial charge in [0.1, 0.15) is 0 Å². The highest BCUT2D eigenvalue weighted by atomic mass is 16.5. The van der Waals surface area contributed by atoms with Gasteiger partial charge in [0.15, 0.2) is 5.84 Å². The molecule has 80 valence electrons. The van der Waals surface area contributed by atoms with Gasteiger partial charge in [0, 0.05) is 18.0 Å². The summed E-state index contributed by atoms with van der Waals surface area (Å²) in [5.74, 6) is -0.591. The van der Waals surface area contributed by atoms with Crippen LogP contribution in [0.25, 0.3) is 0 Å². The summed E-state index contributed by atoms with van der Waals surface area (Å²) >= 11 is 0. The predicted octanol–water partition coefficient (Wildman–Crippen LogP) is 0.353. The van der Waals surface area contributed by atoms with E-state index < -0.39 is 5.97 Å². The molecule has 0 aromatic carbocycles. The molecule has 0 amide bonds. The number of hydrogen-bond donors (Lipinski definition) is 2. The molecule has 15 heavy (non-hydrogen) atoms. The molecule has 6 nitrogen and oxygen atoms in total. The average molecular weight is 209 g/mol. The van der Waals surface area contributed by atoms with Crippen LogP contribution >= 0.6 is 0 Å². The molecule has 1 rings (SSSR count). The van der Waals surface area contributed by atoms with Crippen molar-refractivity contribution in [3.05, 3.63) is 29.6 Å². The van der Waals surface area contributed by atoms with Gasteiger partial charge in [-0.25, -0.2) is 4.79 Å². The zero-order valence-corrected chi connectivity index (χ0v) is 8.17. The molecule has 1 aromatic heterocycles. The van der Waals surface area contributed by atoms with E-state index in [4.69, 9.17) is 15.7 Å². The normalized spacial score (nSPS) is 11.1. The van der Waals surface area contributed by atoms with Gasteiger partial charge in [-0.05, 0) is 13.0 Å². The topological polar surface area (TPSA) is 97.8 Å². The summed E-state index contributed by atoms with van der Waals surface area (Å²) in [6, 6.07) is 1.44. The van der Waals surface area contributed by atoms with Crippen molar-refractivity contribution in [1.29, 1.82) is 0 Å². The van der Waals surface area contributed by atoms with Crippen LogP contribution in [-0.4, -0.2) is 28.6 Å². The number of nitrogens with zero attached hydrogens (tertiary/aromatic N) is 2. The van der Waals surface area contributed by atoms with Crippen LogP contribution in [0.2, 0.25) is 0 Å². The predicted molar refractivity (Wildman–Crippen MR) is 52.7 cm³/mol. The van der Waals surface area contributed by atoms with E-state index in [1.165, 1.54) is 18.5 Å². The number of hydrogen-bond acceptors (Lipinski definition) is 5. The molecule has 0 spiro atoms. The molecule has 6 heteroatoms. The van der Waals surface area contributed by atoms with Crippen molar-refractivity contribution < 1.29 is 14.7 Å². The van der Waals surface area contributed by atoms with Crippen molar-refractivity contribution in [3.8, 4) is 0 Å². The zero-order chi connectivity index (χ0) is 11.3. The second-order valence-corrected chi connectivity index (χ2v) is 2.67. The van der Waals surface area contributed by atoms with E-state index in [1.807, 2.05) is 0 Å². The SMILES string of the molecule is CCOC(=O)c1cncc(/C(N)=N/O)c1. The minimum atomic E-state index is -0.488. The highest BCUT2D eigenvalue weighted by Crippen LogP contribution is 2.04. The van der Waals surface area contributed by atoms with Crippen LogP contribution < -0.4 is 5.73 Å². The fourth-order valence-corrected chi connectivity index (χ4v) is 0.964. The molecule has 0 aliphatic heterocycles. The summed E-state index contributed by atoms with van der Waals surface area (Å²) in [4.78, 5) is 15.1. The number of oxime groups is 1. The van der Waals surface area contributed by atoms with Crippen LogP contribution in [-0.2, 0) is 4.74 Å². The zero-order valence-electron chi connectivity index (χ0n) is 8.17. The minimum Gasteiger partial charge on any atom is -0.462 e. The van der Waals surface area contributed by atoms with Crippen LogP contribution in [0.5, 0.6) is 0 Å². The maximum Gasteiger partial charge on any atom is 0.339 e. The Morgan fingerprint density at radius 3 is 2.87 bits per heavy atom. The third-order valence-electron chi connectivity index (χ3n) is 1.65. The smallest absolute Gasteiger partial charge is 0.339 e. The lowest BCUT2D eigenvalue weighted by atomic mass is 10.2. The molecule has 1 heterocycles. The molecule has 1 aromatic rings. The van der Waals surface area contributed by atoms with Gasteiger partial charge in [-0.15, -0.1) is 0 Å². The number of pyridine rings is 1. The number of ether oxygens (including phenoxy) is 1. The van der Waals surface area contributed by atoms with Crippen LogP contribution in [0, 0.1) is 0 Å². The number of amidine groups is 1. The molecule has 0 bridgehead atoms. The minimum absolute atomic E-state index is 0.103. The first kappa shape index (κ1) is 11.0. The Hall–Kier alpha value is -2.11. The molecular weight excluding hydrogens is 198 g/mol. The van der Waals surface area contributed by atoms with Gasteiger partial charge in [0.2, 0.25) is 0 Å². The Bertz CT molecular complexity index is 390. The molecule has 0 fully saturated rings. The number of aromatic nitrogens is 1. The third-order valence-corrected chi connectivity index (χ3v) is 1.65. The standard InChI is InChI=1S/C9H11N3O3/c1-2-15-9(13)7-3-6(4-11-5-7)8(10)12-14/h3-5,14H,2H2,1H3,(H2,10,12). The molecule has 0 saturated heterocycles. The highest BCUT2D eigenvalue weighted by molar-refractivity contribution is 5.99. The van der Waals surface area contributed by atoms with Crippen molar-refractivity contribution in [3.63, 3.8) is 0 Å². The van der Waals surface area contributed by atoms with Crippen molar-refractivity contribution in [2.75, 3.05) is 6.61 Å². The Kier molecular flexibility index (Phi) is 3.61. The van der Waals surface area contributed by atoms with Gasteiger partial charge >= 0.3 is 5.97 Å². The van der Waals surface area contributed by atoms with Crippen molar-refractivity contribution in [2.24, 2.45) is 10.9 Å². The molecule has 0 unspecified atom stereocenters. The Labute approximate surface area is 86.4 Å². The maximum atomic E-state index is 11.3. The summed E-state index contributed by atoms with van der Waals surface area (Å²) in [5.41, 5.74) is 5.97. The molecule has 3 N–H and O–H groups in total. The molecule has 0 aliphatic carbocycles. The van der Waals surface area contributed by atoms with Gasteiger partial charge in [0.05, 0.1) is 12.2 Å². The van der Waals surface area contributed by atoms with Crippen LogP contribution in [0.4, 0.5) is 0 Å². The fourth-order valence-electron chi connectivity index (χ4n) is 0.964. The van der Waals surface area contributed by atoms with E-state index in [-0.39, 0.29) is 18.0 Å². The second-order valence-electron chi connectivity index (χ2n) is 2.67. The molecule has 0 radical (unpaired) electrons. The molecule has 0 saturated carbocycles. The van der Waals surface area contributed by atoms with Crippen LogP contribution in [0.15, 0.2) is 23.6 Å². The summed E-state index contributed by atoms with van der Waals surface area (Å²) < 4.78 is 4.77. The van der Waals surface area contributed by atoms with Crippen LogP contribution in [0.3, 0.4) is 0 Å². The number of esters is 1. The van der Waals surface area contributed by atoms with Gasteiger partial charge in [-0.2, -0.15) is 0 Å². The number of carbonyl (C=O) groups excluding carboxylic acids is 1. The Morgan fingerprint density at radius 2 is 2.27 bits per heavy atom.